The fourth-order valence-corrected chi connectivity index (χ4v) is 2.22. The highest BCUT2D eigenvalue weighted by molar-refractivity contribution is 7.80. The Bertz CT molecular complexity index is 368. The molecule has 1 aliphatic heterocycles. The minimum Gasteiger partial charge on any atom is -0.356 e. The molecule has 2 rings (SSSR count). The number of fused-ring (bicyclic) bond motifs is 1. The quantitative estimate of drug-likeness (QED) is 0.580. The van der Waals surface area contributed by atoms with Gasteiger partial charge in [-0.25, -0.2) is 0 Å². The van der Waals surface area contributed by atoms with Crippen molar-refractivity contribution < 1.29 is 0 Å². The molecule has 1 aliphatic rings. The number of thiocarbonyl (C=S) groups is 1. The summed E-state index contributed by atoms with van der Waals surface area (Å²) in [6.07, 6.45) is 0. The highest BCUT2D eigenvalue weighted by Crippen LogP contribution is 2.37. The molecule has 0 radical (unpaired) electrons. The maximum Gasteiger partial charge on any atom is 0.110 e. The van der Waals surface area contributed by atoms with Crippen molar-refractivity contribution in [2.75, 3.05) is 7.05 Å². The third kappa shape index (κ3) is 1.02. The topological polar surface area (TPSA) is 3.24 Å². The Labute approximate surface area is 84.4 Å². The zero-order chi connectivity index (χ0) is 9.64. The van der Waals surface area contributed by atoms with E-state index in [-0.39, 0.29) is 5.54 Å². The summed E-state index contributed by atoms with van der Waals surface area (Å²) in [5, 5.41) is 0. The molecule has 0 bridgehead atoms. The van der Waals surface area contributed by atoms with Crippen LogP contribution >= 0.6 is 12.2 Å². The minimum atomic E-state index is 0.0493. The molecule has 0 N–H and O–H groups in total. The lowest BCUT2D eigenvalue weighted by molar-refractivity contribution is 0.280. The predicted molar refractivity (Wildman–Crippen MR) is 58.9 cm³/mol. The molecule has 0 aromatic heterocycles. The van der Waals surface area contributed by atoms with Crippen LogP contribution in [-0.2, 0) is 5.54 Å². The summed E-state index contributed by atoms with van der Waals surface area (Å²) in [7, 11) is 2.06. The van der Waals surface area contributed by atoms with Gasteiger partial charge in [0, 0.05) is 12.6 Å². The molecule has 1 heterocycles. The van der Waals surface area contributed by atoms with E-state index in [0.29, 0.717) is 0 Å². The predicted octanol–water partition coefficient (Wildman–Crippen LogP) is 2.54. The van der Waals surface area contributed by atoms with Crippen molar-refractivity contribution in [1.82, 2.24) is 4.90 Å². The molecular formula is C11H13NS. The summed E-state index contributed by atoms with van der Waals surface area (Å²) < 4.78 is 0. The van der Waals surface area contributed by atoms with Gasteiger partial charge in [-0.05, 0) is 19.4 Å². The van der Waals surface area contributed by atoms with Gasteiger partial charge in [-0.15, -0.1) is 0 Å². The van der Waals surface area contributed by atoms with Crippen LogP contribution in [0.25, 0.3) is 0 Å². The van der Waals surface area contributed by atoms with Gasteiger partial charge in [-0.1, -0.05) is 36.5 Å². The van der Waals surface area contributed by atoms with Crippen molar-refractivity contribution in [3.63, 3.8) is 0 Å². The molecule has 1 nitrogen and oxygen atoms in total. The molecule has 0 saturated carbocycles. The lowest BCUT2D eigenvalue weighted by Gasteiger charge is -2.30. The summed E-state index contributed by atoms with van der Waals surface area (Å²) in [6.45, 7) is 4.40. The van der Waals surface area contributed by atoms with E-state index in [4.69, 9.17) is 12.2 Å². The first kappa shape index (κ1) is 8.70. The SMILES string of the molecule is CN1C(=S)c2ccccc2C1(C)C. The van der Waals surface area contributed by atoms with Gasteiger partial charge in [-0.3, -0.25) is 0 Å². The monoisotopic (exact) mass is 191 g/mol. The normalized spacial score (nSPS) is 19.0. The van der Waals surface area contributed by atoms with E-state index in [2.05, 4.69) is 44.0 Å². The van der Waals surface area contributed by atoms with Crippen LogP contribution in [0.1, 0.15) is 25.0 Å². The first-order valence-electron chi connectivity index (χ1n) is 4.43. The van der Waals surface area contributed by atoms with Gasteiger partial charge in [0.2, 0.25) is 0 Å². The van der Waals surface area contributed by atoms with Crippen LogP contribution in [0.3, 0.4) is 0 Å². The average Bonchev–Trinajstić information content (AvgIpc) is 2.30. The van der Waals surface area contributed by atoms with Crippen molar-refractivity contribution in [2.24, 2.45) is 0 Å². The Balaban J connectivity index is 2.68. The van der Waals surface area contributed by atoms with Crippen LogP contribution in [0.5, 0.6) is 0 Å². The Morgan fingerprint density at radius 1 is 1.23 bits per heavy atom. The molecule has 0 amide bonds. The zero-order valence-corrected chi connectivity index (χ0v) is 8.98. The Morgan fingerprint density at radius 3 is 2.46 bits per heavy atom. The smallest absolute Gasteiger partial charge is 0.110 e. The summed E-state index contributed by atoms with van der Waals surface area (Å²) in [6, 6.07) is 8.37. The van der Waals surface area contributed by atoms with Gasteiger partial charge < -0.3 is 4.90 Å². The second kappa shape index (κ2) is 2.55. The van der Waals surface area contributed by atoms with E-state index in [9.17, 15) is 0 Å². The van der Waals surface area contributed by atoms with E-state index in [1.165, 1.54) is 11.1 Å². The number of hydrogen-bond donors (Lipinski definition) is 0. The van der Waals surface area contributed by atoms with Gasteiger partial charge in [0.05, 0.1) is 5.54 Å². The Kier molecular flexibility index (Phi) is 1.70. The minimum absolute atomic E-state index is 0.0493. The van der Waals surface area contributed by atoms with Crippen molar-refractivity contribution in [3.8, 4) is 0 Å². The van der Waals surface area contributed by atoms with E-state index in [0.717, 1.165) is 4.99 Å². The van der Waals surface area contributed by atoms with Gasteiger partial charge in [0.25, 0.3) is 0 Å². The van der Waals surface area contributed by atoms with Crippen LogP contribution in [0, 0.1) is 0 Å². The third-order valence-electron chi connectivity index (χ3n) is 2.96. The molecule has 0 unspecified atom stereocenters. The largest absolute Gasteiger partial charge is 0.356 e. The van der Waals surface area contributed by atoms with E-state index in [1.54, 1.807) is 0 Å². The fraction of sp³-hybridized carbons (Fsp3) is 0.364. The molecule has 0 aliphatic carbocycles. The van der Waals surface area contributed by atoms with Crippen molar-refractivity contribution >= 4 is 17.2 Å². The number of nitrogens with zero attached hydrogens (tertiary/aromatic N) is 1. The molecule has 68 valence electrons. The fourth-order valence-electron chi connectivity index (χ4n) is 1.82. The molecule has 1 aromatic carbocycles. The zero-order valence-electron chi connectivity index (χ0n) is 8.16. The Hall–Kier alpha value is -0.890. The summed E-state index contributed by atoms with van der Waals surface area (Å²) in [4.78, 5) is 3.12. The van der Waals surface area contributed by atoms with Crippen LogP contribution in [0.4, 0.5) is 0 Å². The first-order chi connectivity index (χ1) is 6.05. The second-order valence-corrected chi connectivity index (χ2v) is 4.36. The number of benzene rings is 1. The molecule has 0 spiro atoms. The molecular weight excluding hydrogens is 178 g/mol. The molecule has 13 heavy (non-hydrogen) atoms. The van der Waals surface area contributed by atoms with Gasteiger partial charge in [-0.2, -0.15) is 0 Å². The average molecular weight is 191 g/mol. The van der Waals surface area contributed by atoms with Gasteiger partial charge >= 0.3 is 0 Å². The lowest BCUT2D eigenvalue weighted by Crippen LogP contribution is -2.34. The standard InChI is InChI=1S/C11H13NS/c1-11(2)9-7-5-4-6-8(9)10(13)12(11)3/h4-7H,1-3H3. The highest BCUT2D eigenvalue weighted by atomic mass is 32.1. The maximum atomic E-state index is 5.37. The van der Waals surface area contributed by atoms with E-state index >= 15 is 0 Å². The number of hydrogen-bond acceptors (Lipinski definition) is 1. The van der Waals surface area contributed by atoms with Crippen LogP contribution < -0.4 is 0 Å². The van der Waals surface area contributed by atoms with E-state index < -0.39 is 0 Å². The molecule has 0 saturated heterocycles. The summed E-state index contributed by atoms with van der Waals surface area (Å²) >= 11 is 5.37. The van der Waals surface area contributed by atoms with Gasteiger partial charge in [0.15, 0.2) is 0 Å². The molecule has 2 heteroatoms. The molecule has 1 aromatic rings. The van der Waals surface area contributed by atoms with E-state index in [1.807, 2.05) is 6.07 Å². The number of rotatable bonds is 0. The van der Waals surface area contributed by atoms with Crippen LogP contribution in [-0.4, -0.2) is 16.9 Å². The van der Waals surface area contributed by atoms with Crippen molar-refractivity contribution in [3.05, 3.63) is 35.4 Å². The van der Waals surface area contributed by atoms with Gasteiger partial charge in [0.1, 0.15) is 4.99 Å². The summed E-state index contributed by atoms with van der Waals surface area (Å²) in [5.41, 5.74) is 2.60. The highest BCUT2D eigenvalue weighted by Gasteiger charge is 2.37. The summed E-state index contributed by atoms with van der Waals surface area (Å²) in [5.74, 6) is 0. The van der Waals surface area contributed by atoms with Crippen molar-refractivity contribution in [2.45, 2.75) is 19.4 Å². The third-order valence-corrected chi connectivity index (χ3v) is 3.45. The first-order valence-corrected chi connectivity index (χ1v) is 4.83. The van der Waals surface area contributed by atoms with Crippen LogP contribution in [0.2, 0.25) is 0 Å². The maximum absolute atomic E-state index is 5.37. The van der Waals surface area contributed by atoms with Crippen LogP contribution in [0.15, 0.2) is 24.3 Å². The van der Waals surface area contributed by atoms with Crippen molar-refractivity contribution in [1.29, 1.82) is 0 Å². The Morgan fingerprint density at radius 2 is 1.85 bits per heavy atom. The lowest BCUT2D eigenvalue weighted by atomic mass is 9.94. The molecule has 0 atom stereocenters. The second-order valence-electron chi connectivity index (χ2n) is 3.97. The molecule has 0 fully saturated rings.